The highest BCUT2D eigenvalue weighted by atomic mass is 35.5. The predicted molar refractivity (Wildman–Crippen MR) is 76.3 cm³/mol. The van der Waals surface area contributed by atoms with Crippen molar-refractivity contribution in [2.75, 3.05) is 7.05 Å². The van der Waals surface area contributed by atoms with Crippen molar-refractivity contribution in [1.29, 1.82) is 0 Å². The predicted octanol–water partition coefficient (Wildman–Crippen LogP) is 3.63. The number of hydrogen-bond donors (Lipinski definition) is 1. The van der Waals surface area contributed by atoms with E-state index in [9.17, 15) is 10.1 Å². The van der Waals surface area contributed by atoms with Crippen LogP contribution in [0.3, 0.4) is 0 Å². The molecule has 0 aliphatic carbocycles. The van der Waals surface area contributed by atoms with Crippen molar-refractivity contribution in [3.8, 4) is 11.1 Å². The van der Waals surface area contributed by atoms with Crippen LogP contribution in [0.15, 0.2) is 42.5 Å². The summed E-state index contributed by atoms with van der Waals surface area (Å²) < 4.78 is 0. The van der Waals surface area contributed by atoms with Gasteiger partial charge >= 0.3 is 0 Å². The number of nitro groups is 1. The molecule has 0 heterocycles. The summed E-state index contributed by atoms with van der Waals surface area (Å²) in [7, 11) is 1.86. The van der Waals surface area contributed by atoms with Crippen molar-refractivity contribution in [2.45, 2.75) is 6.54 Å². The molecule has 0 aliphatic rings. The second-order valence-electron chi connectivity index (χ2n) is 4.15. The van der Waals surface area contributed by atoms with E-state index in [-0.39, 0.29) is 5.69 Å². The largest absolute Gasteiger partial charge is 0.316 e. The lowest BCUT2D eigenvalue weighted by molar-refractivity contribution is -0.384. The number of benzene rings is 2. The van der Waals surface area contributed by atoms with Crippen LogP contribution >= 0.6 is 11.6 Å². The first-order valence-corrected chi connectivity index (χ1v) is 6.17. The molecule has 0 bridgehead atoms. The van der Waals surface area contributed by atoms with Gasteiger partial charge in [0.1, 0.15) is 0 Å². The van der Waals surface area contributed by atoms with Crippen molar-refractivity contribution >= 4 is 17.3 Å². The molecule has 0 spiro atoms. The Balaban J connectivity index is 2.41. The molecule has 2 aromatic carbocycles. The van der Waals surface area contributed by atoms with Gasteiger partial charge in [-0.3, -0.25) is 10.1 Å². The molecule has 2 rings (SSSR count). The number of nitro benzene ring substituents is 1. The molecule has 0 atom stereocenters. The van der Waals surface area contributed by atoms with E-state index >= 15 is 0 Å². The minimum Gasteiger partial charge on any atom is -0.316 e. The van der Waals surface area contributed by atoms with Gasteiger partial charge in [-0.1, -0.05) is 35.9 Å². The zero-order chi connectivity index (χ0) is 13.8. The monoisotopic (exact) mass is 276 g/mol. The maximum absolute atomic E-state index is 10.8. The van der Waals surface area contributed by atoms with Crippen LogP contribution in [-0.4, -0.2) is 12.0 Å². The van der Waals surface area contributed by atoms with Crippen LogP contribution in [0.1, 0.15) is 5.56 Å². The first-order valence-electron chi connectivity index (χ1n) is 5.79. The highest BCUT2D eigenvalue weighted by Gasteiger charge is 2.09. The Labute approximate surface area is 116 Å². The number of nitrogens with one attached hydrogen (secondary N) is 1. The lowest BCUT2D eigenvalue weighted by Gasteiger charge is -2.07. The molecule has 0 amide bonds. The highest BCUT2D eigenvalue weighted by molar-refractivity contribution is 6.33. The van der Waals surface area contributed by atoms with Gasteiger partial charge in [0.2, 0.25) is 0 Å². The lowest BCUT2D eigenvalue weighted by Crippen LogP contribution is -2.04. The fourth-order valence-electron chi connectivity index (χ4n) is 1.89. The van der Waals surface area contributed by atoms with E-state index in [0.717, 1.165) is 23.2 Å². The number of hydrogen-bond acceptors (Lipinski definition) is 3. The number of non-ortho nitro benzene ring substituents is 1. The van der Waals surface area contributed by atoms with Crippen molar-refractivity contribution in [3.05, 3.63) is 63.2 Å². The van der Waals surface area contributed by atoms with Gasteiger partial charge in [0, 0.05) is 29.3 Å². The van der Waals surface area contributed by atoms with Gasteiger partial charge in [-0.05, 0) is 24.2 Å². The Morgan fingerprint density at radius 2 is 2.05 bits per heavy atom. The molecule has 19 heavy (non-hydrogen) atoms. The van der Waals surface area contributed by atoms with Crippen molar-refractivity contribution in [2.24, 2.45) is 0 Å². The number of rotatable bonds is 4. The van der Waals surface area contributed by atoms with E-state index in [4.69, 9.17) is 11.6 Å². The van der Waals surface area contributed by atoms with Gasteiger partial charge in [-0.15, -0.1) is 0 Å². The summed E-state index contributed by atoms with van der Waals surface area (Å²) in [5.41, 5.74) is 2.68. The number of nitrogens with zero attached hydrogens (tertiary/aromatic N) is 1. The number of halogens is 1. The molecule has 0 saturated carbocycles. The Bertz CT molecular complexity index is 614. The smallest absolute Gasteiger partial charge is 0.270 e. The van der Waals surface area contributed by atoms with Gasteiger partial charge in [0.05, 0.1) is 4.92 Å². The minimum atomic E-state index is -0.410. The average molecular weight is 277 g/mol. The Morgan fingerprint density at radius 3 is 2.68 bits per heavy atom. The molecule has 0 saturated heterocycles. The highest BCUT2D eigenvalue weighted by Crippen LogP contribution is 2.30. The van der Waals surface area contributed by atoms with Crippen LogP contribution in [0.5, 0.6) is 0 Å². The van der Waals surface area contributed by atoms with Gasteiger partial charge in [0.25, 0.3) is 5.69 Å². The lowest BCUT2D eigenvalue weighted by atomic mass is 10.0. The van der Waals surface area contributed by atoms with Gasteiger partial charge in [-0.25, -0.2) is 0 Å². The average Bonchev–Trinajstić information content (AvgIpc) is 2.39. The van der Waals surface area contributed by atoms with Crippen molar-refractivity contribution in [3.63, 3.8) is 0 Å². The maximum atomic E-state index is 10.8. The van der Waals surface area contributed by atoms with Crippen LogP contribution in [0.4, 0.5) is 5.69 Å². The molecule has 5 heteroatoms. The third-order valence-electron chi connectivity index (χ3n) is 2.78. The SMILES string of the molecule is CNCc1ccc(-c2cccc([N+](=O)[O-])c2)c(Cl)c1. The van der Waals surface area contributed by atoms with Gasteiger partial charge in [0.15, 0.2) is 0 Å². The van der Waals surface area contributed by atoms with E-state index in [1.54, 1.807) is 6.07 Å². The van der Waals surface area contributed by atoms with Crippen molar-refractivity contribution < 1.29 is 4.92 Å². The zero-order valence-electron chi connectivity index (χ0n) is 10.4. The maximum Gasteiger partial charge on any atom is 0.270 e. The summed E-state index contributed by atoms with van der Waals surface area (Å²) >= 11 is 6.23. The molecule has 0 aromatic heterocycles. The third kappa shape index (κ3) is 3.10. The molecule has 2 aromatic rings. The Morgan fingerprint density at radius 1 is 1.26 bits per heavy atom. The normalized spacial score (nSPS) is 10.4. The second-order valence-corrected chi connectivity index (χ2v) is 4.56. The summed E-state index contributed by atoms with van der Waals surface area (Å²) in [6.45, 7) is 0.731. The van der Waals surface area contributed by atoms with E-state index in [1.807, 2.05) is 31.3 Å². The van der Waals surface area contributed by atoms with Crippen LogP contribution < -0.4 is 5.32 Å². The quantitative estimate of drug-likeness (QED) is 0.685. The second kappa shape index (κ2) is 5.82. The standard InChI is InChI=1S/C14H13ClN2O2/c1-16-9-10-5-6-13(14(15)7-10)11-3-2-4-12(8-11)17(18)19/h2-8,16H,9H2,1H3. The molecule has 0 radical (unpaired) electrons. The molecule has 0 aliphatic heterocycles. The zero-order valence-corrected chi connectivity index (χ0v) is 11.1. The van der Waals surface area contributed by atoms with E-state index < -0.39 is 4.92 Å². The molecule has 0 fully saturated rings. The molecule has 1 N–H and O–H groups in total. The molecular weight excluding hydrogens is 264 g/mol. The Hall–Kier alpha value is -1.91. The molecule has 4 nitrogen and oxygen atoms in total. The first kappa shape index (κ1) is 13.5. The van der Waals surface area contributed by atoms with Crippen molar-refractivity contribution in [1.82, 2.24) is 5.32 Å². The summed E-state index contributed by atoms with van der Waals surface area (Å²) in [6, 6.07) is 12.2. The third-order valence-corrected chi connectivity index (χ3v) is 3.10. The van der Waals surface area contributed by atoms with Gasteiger partial charge in [-0.2, -0.15) is 0 Å². The Kier molecular flexibility index (Phi) is 4.14. The van der Waals surface area contributed by atoms with Crippen LogP contribution in [0, 0.1) is 10.1 Å². The van der Waals surface area contributed by atoms with Crippen LogP contribution in [0.25, 0.3) is 11.1 Å². The van der Waals surface area contributed by atoms with E-state index in [0.29, 0.717) is 5.02 Å². The van der Waals surface area contributed by atoms with Crippen LogP contribution in [-0.2, 0) is 6.54 Å². The van der Waals surface area contributed by atoms with Crippen LogP contribution in [0.2, 0.25) is 5.02 Å². The fraction of sp³-hybridized carbons (Fsp3) is 0.143. The summed E-state index contributed by atoms with van der Waals surface area (Å²) in [5.74, 6) is 0. The first-order chi connectivity index (χ1) is 9.11. The van der Waals surface area contributed by atoms with E-state index in [2.05, 4.69) is 5.32 Å². The molecule has 98 valence electrons. The van der Waals surface area contributed by atoms with Gasteiger partial charge < -0.3 is 5.32 Å². The van der Waals surface area contributed by atoms with E-state index in [1.165, 1.54) is 12.1 Å². The topological polar surface area (TPSA) is 55.2 Å². The molecule has 0 unspecified atom stereocenters. The summed E-state index contributed by atoms with van der Waals surface area (Å²) in [4.78, 5) is 10.4. The summed E-state index contributed by atoms with van der Waals surface area (Å²) in [6.07, 6.45) is 0. The molecular formula is C14H13ClN2O2. The fourth-order valence-corrected chi connectivity index (χ4v) is 2.21. The summed E-state index contributed by atoms with van der Waals surface area (Å²) in [5, 5.41) is 14.4. The minimum absolute atomic E-state index is 0.0628.